The maximum atomic E-state index is 12.8. The second-order valence-electron chi connectivity index (χ2n) is 7.04. The average molecular weight is 392 g/mol. The van der Waals surface area contributed by atoms with Crippen molar-refractivity contribution in [2.75, 3.05) is 6.61 Å². The molecule has 0 aromatic heterocycles. The lowest BCUT2D eigenvalue weighted by Gasteiger charge is -2.51. The number of hydrogen-bond acceptors (Lipinski definition) is 6. The molecule has 2 heterocycles. The van der Waals surface area contributed by atoms with Crippen molar-refractivity contribution < 1.29 is 29.0 Å². The van der Waals surface area contributed by atoms with E-state index in [1.54, 1.807) is 44.2 Å². The smallest absolute Gasteiger partial charge is 0.327 e. The number of ether oxygens (including phenoxy) is 1. The number of amides is 2. The average Bonchev–Trinajstić information content (AvgIpc) is 2.87. The summed E-state index contributed by atoms with van der Waals surface area (Å²) in [6.07, 6.45) is 0. The Bertz CT molecular complexity index is 811. The van der Waals surface area contributed by atoms with E-state index in [0.29, 0.717) is 5.75 Å². The van der Waals surface area contributed by atoms with Crippen LogP contribution < -0.4 is 10.1 Å². The summed E-state index contributed by atoms with van der Waals surface area (Å²) in [5.41, 5.74) is -1.76. The van der Waals surface area contributed by atoms with Gasteiger partial charge in [0.25, 0.3) is 11.8 Å². The summed E-state index contributed by atoms with van der Waals surface area (Å²) in [6.45, 7) is 4.26. The fraction of sp³-hybridized carbons (Fsp3) is 0.444. The zero-order valence-corrected chi connectivity index (χ0v) is 15.9. The van der Waals surface area contributed by atoms with Crippen LogP contribution in [-0.4, -0.2) is 61.9 Å². The molecular formula is C18H20N2O6S. The Kier molecular flexibility index (Phi) is 4.67. The van der Waals surface area contributed by atoms with Crippen molar-refractivity contribution in [2.45, 2.75) is 42.5 Å². The van der Waals surface area contributed by atoms with Crippen molar-refractivity contribution in [3.63, 3.8) is 0 Å². The van der Waals surface area contributed by atoms with E-state index in [1.807, 2.05) is 0 Å². The summed E-state index contributed by atoms with van der Waals surface area (Å²) < 4.78 is 4.56. The minimum Gasteiger partial charge on any atom is -0.484 e. The predicted octanol–water partition coefficient (Wildman–Crippen LogP) is 0.656. The van der Waals surface area contributed by atoms with E-state index in [-0.39, 0.29) is 6.61 Å². The van der Waals surface area contributed by atoms with Crippen molar-refractivity contribution in [1.29, 1.82) is 0 Å². The van der Waals surface area contributed by atoms with Crippen molar-refractivity contribution in [3.05, 3.63) is 30.3 Å². The van der Waals surface area contributed by atoms with Gasteiger partial charge in [-0.2, -0.15) is 0 Å². The molecule has 27 heavy (non-hydrogen) atoms. The number of β-lactam (4-membered cyclic amide) rings is 1. The fourth-order valence-electron chi connectivity index (χ4n) is 3.51. The number of carbonyl (C=O) groups is 4. The molecule has 1 aromatic carbocycles. The summed E-state index contributed by atoms with van der Waals surface area (Å²) >= 11 is 1.20. The van der Waals surface area contributed by atoms with Gasteiger partial charge in [0.2, 0.25) is 5.54 Å². The third kappa shape index (κ3) is 2.95. The van der Waals surface area contributed by atoms with E-state index < -0.39 is 45.3 Å². The van der Waals surface area contributed by atoms with Gasteiger partial charge in [-0.05, 0) is 32.9 Å². The van der Waals surface area contributed by atoms with Gasteiger partial charge in [0.1, 0.15) is 17.2 Å². The van der Waals surface area contributed by atoms with Crippen LogP contribution in [-0.2, 0) is 19.2 Å². The van der Waals surface area contributed by atoms with E-state index >= 15 is 0 Å². The van der Waals surface area contributed by atoms with Gasteiger partial charge in [-0.25, -0.2) is 4.79 Å². The molecule has 2 aliphatic rings. The van der Waals surface area contributed by atoms with Crippen LogP contribution in [0.15, 0.2) is 30.3 Å². The number of Topliss-reactive ketones (excluding diaryl/α,β-unsaturated/α-hetero) is 1. The Balaban J connectivity index is 1.78. The summed E-state index contributed by atoms with van der Waals surface area (Å²) in [6, 6.07) is 7.60. The number of carboxylic acid groups (broad SMARTS) is 1. The summed E-state index contributed by atoms with van der Waals surface area (Å²) in [5.74, 6) is -2.51. The van der Waals surface area contributed by atoms with E-state index in [4.69, 9.17) is 4.74 Å². The van der Waals surface area contributed by atoms with Gasteiger partial charge in [-0.15, -0.1) is 11.8 Å². The predicted molar refractivity (Wildman–Crippen MR) is 97.2 cm³/mol. The first-order chi connectivity index (χ1) is 12.6. The van der Waals surface area contributed by atoms with Crippen molar-refractivity contribution >= 4 is 35.3 Å². The van der Waals surface area contributed by atoms with E-state index in [1.165, 1.54) is 23.6 Å². The van der Waals surface area contributed by atoms with Gasteiger partial charge in [-0.3, -0.25) is 14.4 Å². The molecule has 2 N–H and O–H groups in total. The molecular weight excluding hydrogens is 372 g/mol. The Labute approximate surface area is 160 Å². The maximum absolute atomic E-state index is 12.8. The van der Waals surface area contributed by atoms with Gasteiger partial charge >= 0.3 is 5.97 Å². The first kappa shape index (κ1) is 19.2. The number of fused-ring (bicyclic) bond motifs is 1. The zero-order chi connectivity index (χ0) is 20.0. The number of hydrogen-bond donors (Lipinski definition) is 2. The van der Waals surface area contributed by atoms with E-state index in [0.717, 1.165) is 0 Å². The highest BCUT2D eigenvalue weighted by atomic mass is 32.2. The molecule has 3 atom stereocenters. The maximum Gasteiger partial charge on any atom is 0.327 e. The minimum atomic E-state index is -1.76. The molecule has 144 valence electrons. The Morgan fingerprint density at radius 2 is 1.89 bits per heavy atom. The summed E-state index contributed by atoms with van der Waals surface area (Å²) in [4.78, 5) is 50.3. The molecule has 2 aliphatic heterocycles. The molecule has 8 nitrogen and oxygen atoms in total. The number of aliphatic carboxylic acids is 1. The number of thioether (sulfide) groups is 1. The number of rotatable bonds is 6. The van der Waals surface area contributed by atoms with E-state index in [2.05, 4.69) is 5.32 Å². The van der Waals surface area contributed by atoms with Crippen LogP contribution in [0.2, 0.25) is 0 Å². The Morgan fingerprint density at radius 3 is 2.44 bits per heavy atom. The first-order valence-corrected chi connectivity index (χ1v) is 9.22. The van der Waals surface area contributed by atoms with Gasteiger partial charge < -0.3 is 20.1 Å². The zero-order valence-electron chi connectivity index (χ0n) is 15.1. The number of ketones is 1. The number of nitrogens with one attached hydrogen (secondary N) is 1. The quantitative estimate of drug-likeness (QED) is 0.540. The molecule has 0 bridgehead atoms. The summed E-state index contributed by atoms with van der Waals surface area (Å²) in [5, 5.41) is 11.2. The molecule has 2 saturated heterocycles. The Hall–Kier alpha value is -2.55. The molecule has 3 rings (SSSR count). The number of para-hydroxylation sites is 1. The Morgan fingerprint density at radius 1 is 1.26 bits per heavy atom. The molecule has 0 aliphatic carbocycles. The van der Waals surface area contributed by atoms with Crippen LogP contribution >= 0.6 is 11.8 Å². The number of benzene rings is 1. The number of nitrogens with zero attached hydrogens (tertiary/aromatic N) is 1. The second-order valence-corrected chi connectivity index (χ2v) is 8.78. The van der Waals surface area contributed by atoms with Crippen molar-refractivity contribution in [1.82, 2.24) is 10.2 Å². The topological polar surface area (TPSA) is 113 Å². The normalized spacial score (nSPS) is 28.1. The van der Waals surface area contributed by atoms with Crippen LogP contribution in [0.5, 0.6) is 5.75 Å². The van der Waals surface area contributed by atoms with E-state index in [9.17, 15) is 24.3 Å². The monoisotopic (exact) mass is 392 g/mol. The van der Waals surface area contributed by atoms with Crippen molar-refractivity contribution in [2.24, 2.45) is 0 Å². The van der Waals surface area contributed by atoms with Crippen LogP contribution in [0.1, 0.15) is 20.8 Å². The molecule has 0 saturated carbocycles. The standard InChI is InChI=1S/C18H20N2O6S/c1-10(21)18(19-12(22)9-26-11-7-5-4-6-8-11)15(25)20-13(14(23)24)17(2,3)27-16(18)20/h4-8,13,16H,9H2,1-3H3,(H,19,22)(H,23,24)/t13-,16+,18-/m0/s1. The lowest BCUT2D eigenvalue weighted by molar-refractivity contribution is -0.172. The molecule has 0 spiro atoms. The lowest BCUT2D eigenvalue weighted by atomic mass is 9.81. The van der Waals surface area contributed by atoms with Crippen LogP contribution in [0.4, 0.5) is 0 Å². The highest BCUT2D eigenvalue weighted by Crippen LogP contribution is 2.55. The van der Waals surface area contributed by atoms with Crippen LogP contribution in [0.3, 0.4) is 0 Å². The number of carbonyl (C=O) groups excluding carboxylic acids is 3. The first-order valence-electron chi connectivity index (χ1n) is 8.34. The van der Waals surface area contributed by atoms with Gasteiger partial charge in [0.15, 0.2) is 12.4 Å². The highest BCUT2D eigenvalue weighted by molar-refractivity contribution is 8.01. The molecule has 2 fully saturated rings. The van der Waals surface area contributed by atoms with Gasteiger partial charge in [0.05, 0.1) is 0 Å². The van der Waals surface area contributed by atoms with Crippen LogP contribution in [0, 0.1) is 0 Å². The van der Waals surface area contributed by atoms with Crippen molar-refractivity contribution in [3.8, 4) is 5.75 Å². The third-order valence-corrected chi connectivity index (χ3v) is 6.42. The fourth-order valence-corrected chi connectivity index (χ4v) is 5.26. The molecule has 9 heteroatoms. The minimum absolute atomic E-state index is 0.366. The van der Waals surface area contributed by atoms with Gasteiger partial charge in [0, 0.05) is 4.75 Å². The third-order valence-electron chi connectivity index (χ3n) is 4.79. The SMILES string of the molecule is CC(=O)[C@]1(NC(=O)COc2ccccc2)C(=O)N2[C@@H](C(=O)O)C(C)(C)S[C@@H]21. The highest BCUT2D eigenvalue weighted by Gasteiger charge is 2.74. The number of carboxylic acids is 1. The summed E-state index contributed by atoms with van der Waals surface area (Å²) in [7, 11) is 0. The molecule has 0 radical (unpaired) electrons. The second kappa shape index (κ2) is 6.56. The molecule has 2 amide bonds. The largest absolute Gasteiger partial charge is 0.484 e. The molecule has 1 aromatic rings. The molecule has 0 unspecified atom stereocenters. The van der Waals surface area contributed by atoms with Gasteiger partial charge in [-0.1, -0.05) is 18.2 Å². The van der Waals surface area contributed by atoms with Crippen LogP contribution in [0.25, 0.3) is 0 Å². The lowest BCUT2D eigenvalue weighted by Crippen LogP contribution is -2.82.